The van der Waals surface area contributed by atoms with Gasteiger partial charge in [-0.15, -0.1) is 0 Å². The summed E-state index contributed by atoms with van der Waals surface area (Å²) in [4.78, 5) is 3.74. The molecule has 0 aliphatic carbocycles. The van der Waals surface area contributed by atoms with Crippen molar-refractivity contribution in [3.8, 4) is 0 Å². The lowest BCUT2D eigenvalue weighted by molar-refractivity contribution is 0.504. The molecule has 1 saturated heterocycles. The molecule has 2 rings (SSSR count). The van der Waals surface area contributed by atoms with Gasteiger partial charge in [0.2, 0.25) is 5.03 Å². The van der Waals surface area contributed by atoms with E-state index in [9.17, 15) is 16.8 Å². The molecule has 2 heterocycles. The van der Waals surface area contributed by atoms with Crippen LogP contribution in [0.15, 0.2) is 11.4 Å². The number of halogens is 1. The Morgan fingerprint density at radius 3 is 2.47 bits per heavy atom. The van der Waals surface area contributed by atoms with Crippen LogP contribution in [0.4, 0.5) is 0 Å². The lowest BCUT2D eigenvalue weighted by atomic mass is 10.2. The van der Waals surface area contributed by atoms with E-state index in [2.05, 4.69) is 9.71 Å². The molecule has 1 aromatic heterocycles. The largest absolute Gasteiger partial charge is 0.324 e. The van der Waals surface area contributed by atoms with E-state index >= 15 is 0 Å². The van der Waals surface area contributed by atoms with Crippen molar-refractivity contribution in [2.75, 3.05) is 11.5 Å². The average Bonchev–Trinajstić information content (AvgIpc) is 2.63. The second kappa shape index (κ2) is 5.04. The number of hydrogen-bond acceptors (Lipinski definition) is 5. The Morgan fingerprint density at radius 2 is 2.00 bits per heavy atom. The monoisotopic (exact) mass is 327 g/mol. The molecular weight excluding hydrogens is 314 g/mol. The zero-order chi connectivity index (χ0) is 14.3. The minimum atomic E-state index is -3.82. The van der Waals surface area contributed by atoms with Gasteiger partial charge in [-0.05, 0) is 12.8 Å². The molecule has 10 heteroatoms. The predicted octanol–water partition coefficient (Wildman–Crippen LogP) is -0.0710. The van der Waals surface area contributed by atoms with Gasteiger partial charge in [-0.3, -0.25) is 0 Å². The molecule has 1 aliphatic heterocycles. The number of sulfone groups is 1. The summed E-state index contributed by atoms with van der Waals surface area (Å²) in [5.74, 6) is -0.00766. The molecule has 108 valence electrons. The molecule has 0 aromatic carbocycles. The van der Waals surface area contributed by atoms with Crippen molar-refractivity contribution in [3.05, 3.63) is 11.5 Å². The summed E-state index contributed by atoms with van der Waals surface area (Å²) in [7, 11) is -5.25. The summed E-state index contributed by atoms with van der Waals surface area (Å²) in [5, 5.41) is -0.207. The van der Waals surface area contributed by atoms with Crippen LogP contribution in [0.5, 0.6) is 0 Å². The van der Waals surface area contributed by atoms with Crippen LogP contribution in [0, 0.1) is 0 Å². The molecule has 0 atom stereocenters. The molecular formula is C9H14ClN3O4S2. The molecule has 0 spiro atoms. The van der Waals surface area contributed by atoms with Gasteiger partial charge in [0, 0.05) is 13.1 Å². The molecule has 1 aliphatic rings. The van der Waals surface area contributed by atoms with Crippen LogP contribution in [-0.4, -0.2) is 43.9 Å². The van der Waals surface area contributed by atoms with Crippen LogP contribution in [-0.2, 0) is 26.9 Å². The smallest absolute Gasteiger partial charge is 0.261 e. The molecule has 0 radical (unpaired) electrons. The first-order valence-corrected chi connectivity index (χ1v) is 9.29. The maximum absolute atomic E-state index is 12.1. The first-order chi connectivity index (χ1) is 8.71. The van der Waals surface area contributed by atoms with Gasteiger partial charge in [0.05, 0.1) is 17.8 Å². The van der Waals surface area contributed by atoms with Gasteiger partial charge in [0.1, 0.15) is 15.0 Å². The minimum Gasteiger partial charge on any atom is -0.324 e. The highest BCUT2D eigenvalue weighted by Crippen LogP contribution is 2.20. The minimum absolute atomic E-state index is 0.00383. The summed E-state index contributed by atoms with van der Waals surface area (Å²) in [6.45, 7) is 0. The summed E-state index contributed by atoms with van der Waals surface area (Å²) in [5.41, 5.74) is 0. The number of aromatic nitrogens is 2. The van der Waals surface area contributed by atoms with Crippen molar-refractivity contribution in [2.24, 2.45) is 7.05 Å². The van der Waals surface area contributed by atoms with Crippen molar-refractivity contribution in [3.63, 3.8) is 0 Å². The Hall–Kier alpha value is -0.640. The molecule has 1 fully saturated rings. The first-order valence-electron chi connectivity index (χ1n) is 5.61. The van der Waals surface area contributed by atoms with Gasteiger partial charge >= 0.3 is 0 Å². The highest BCUT2D eigenvalue weighted by Gasteiger charge is 2.30. The highest BCUT2D eigenvalue weighted by molar-refractivity contribution is 7.91. The van der Waals surface area contributed by atoms with Gasteiger partial charge < -0.3 is 4.57 Å². The van der Waals surface area contributed by atoms with Gasteiger partial charge in [0.15, 0.2) is 0 Å². The van der Waals surface area contributed by atoms with Crippen LogP contribution in [0.25, 0.3) is 0 Å². The topological polar surface area (TPSA) is 98.1 Å². The fourth-order valence-electron chi connectivity index (χ4n) is 1.86. The number of sulfonamides is 1. The SMILES string of the molecule is Cn1cnc(S(=O)(=O)NC2CCS(=O)(=O)CC2)c1Cl. The third kappa shape index (κ3) is 3.28. The van der Waals surface area contributed by atoms with Crippen molar-refractivity contribution < 1.29 is 16.8 Å². The number of rotatable bonds is 3. The normalized spacial score (nSPS) is 20.5. The highest BCUT2D eigenvalue weighted by atomic mass is 35.5. The summed E-state index contributed by atoms with van der Waals surface area (Å²) in [6.07, 6.45) is 1.85. The van der Waals surface area contributed by atoms with E-state index in [4.69, 9.17) is 11.6 Å². The molecule has 7 nitrogen and oxygen atoms in total. The summed E-state index contributed by atoms with van der Waals surface area (Å²) < 4.78 is 50.5. The maximum Gasteiger partial charge on any atom is 0.261 e. The van der Waals surface area contributed by atoms with E-state index in [-0.39, 0.29) is 34.5 Å². The standard InChI is InChI=1S/C9H14ClN3O4S2/c1-13-6-11-9(8(13)10)19(16,17)12-7-2-4-18(14,15)5-3-7/h6-7,12H,2-5H2,1H3. The van der Waals surface area contributed by atoms with Crippen molar-refractivity contribution >= 4 is 31.5 Å². The average molecular weight is 328 g/mol. The Morgan fingerprint density at radius 1 is 1.42 bits per heavy atom. The number of imidazole rings is 1. The van der Waals surface area contributed by atoms with Gasteiger partial charge in [-0.1, -0.05) is 11.6 Å². The lowest BCUT2D eigenvalue weighted by Crippen LogP contribution is -2.41. The molecule has 0 amide bonds. The van der Waals surface area contributed by atoms with Crippen LogP contribution >= 0.6 is 11.6 Å². The number of aryl methyl sites for hydroxylation is 1. The van der Waals surface area contributed by atoms with E-state index < -0.39 is 25.9 Å². The number of hydrogen-bond donors (Lipinski definition) is 1. The molecule has 0 unspecified atom stereocenters. The summed E-state index contributed by atoms with van der Waals surface area (Å²) in [6, 6.07) is -0.397. The maximum atomic E-state index is 12.1. The second-order valence-electron chi connectivity index (χ2n) is 4.50. The molecule has 0 saturated carbocycles. The molecule has 0 bridgehead atoms. The zero-order valence-electron chi connectivity index (χ0n) is 10.2. The third-order valence-corrected chi connectivity index (χ3v) is 6.69. The van der Waals surface area contributed by atoms with Crippen LogP contribution < -0.4 is 4.72 Å². The van der Waals surface area contributed by atoms with Crippen molar-refractivity contribution in [2.45, 2.75) is 23.9 Å². The van der Waals surface area contributed by atoms with E-state index in [1.165, 1.54) is 10.9 Å². The number of nitrogens with zero attached hydrogens (tertiary/aromatic N) is 2. The molecule has 1 aromatic rings. The lowest BCUT2D eigenvalue weighted by Gasteiger charge is -2.22. The Bertz CT molecular complexity index is 666. The van der Waals surface area contributed by atoms with E-state index in [0.717, 1.165) is 0 Å². The Kier molecular flexibility index (Phi) is 3.92. The Balaban J connectivity index is 2.13. The Labute approximate surface area is 116 Å². The quantitative estimate of drug-likeness (QED) is 0.838. The van der Waals surface area contributed by atoms with Gasteiger partial charge in [0.25, 0.3) is 10.0 Å². The zero-order valence-corrected chi connectivity index (χ0v) is 12.6. The van der Waals surface area contributed by atoms with Crippen molar-refractivity contribution in [1.82, 2.24) is 14.3 Å². The molecule has 19 heavy (non-hydrogen) atoms. The fourth-order valence-corrected chi connectivity index (χ4v) is 5.08. The van der Waals surface area contributed by atoms with E-state index in [1.807, 2.05) is 0 Å². The second-order valence-corrected chi connectivity index (χ2v) is 8.79. The van der Waals surface area contributed by atoms with Crippen LogP contribution in [0.3, 0.4) is 0 Å². The third-order valence-electron chi connectivity index (χ3n) is 2.97. The predicted molar refractivity (Wildman–Crippen MR) is 70.2 cm³/mol. The van der Waals surface area contributed by atoms with Crippen LogP contribution in [0.2, 0.25) is 5.15 Å². The van der Waals surface area contributed by atoms with Crippen molar-refractivity contribution in [1.29, 1.82) is 0 Å². The van der Waals surface area contributed by atoms with E-state index in [1.54, 1.807) is 7.05 Å². The number of nitrogens with one attached hydrogen (secondary N) is 1. The first kappa shape index (κ1) is 14.8. The van der Waals surface area contributed by atoms with Crippen LogP contribution in [0.1, 0.15) is 12.8 Å². The summed E-state index contributed by atoms with van der Waals surface area (Å²) >= 11 is 5.84. The van der Waals surface area contributed by atoms with Gasteiger partial charge in [-0.25, -0.2) is 26.5 Å². The van der Waals surface area contributed by atoms with Gasteiger partial charge in [-0.2, -0.15) is 0 Å². The fraction of sp³-hybridized carbons (Fsp3) is 0.667. The van der Waals surface area contributed by atoms with E-state index in [0.29, 0.717) is 0 Å². The molecule has 1 N–H and O–H groups in total.